The lowest BCUT2D eigenvalue weighted by Gasteiger charge is -2.14. The first kappa shape index (κ1) is 18.1. The Bertz CT molecular complexity index is 902. The predicted molar refractivity (Wildman–Crippen MR) is 93.8 cm³/mol. The molecule has 0 aliphatic carbocycles. The fourth-order valence-electron chi connectivity index (χ4n) is 2.46. The van der Waals surface area contributed by atoms with E-state index in [-0.39, 0.29) is 5.69 Å². The van der Waals surface area contributed by atoms with Crippen LogP contribution in [0.4, 0.5) is 13.2 Å². The Labute approximate surface area is 156 Å². The van der Waals surface area contributed by atoms with Crippen LogP contribution in [-0.2, 0) is 6.42 Å². The molecule has 0 saturated carbocycles. The Balaban J connectivity index is 2.20. The monoisotopic (exact) mass is 404 g/mol. The first-order valence-corrected chi connectivity index (χ1v) is 8.23. The number of hydrogen-bond donors (Lipinski definition) is 0. The maximum Gasteiger partial charge on any atom is 0.394 e. The van der Waals surface area contributed by atoms with E-state index in [1.54, 1.807) is 36.4 Å². The summed E-state index contributed by atoms with van der Waals surface area (Å²) < 4.78 is 40.2. The van der Waals surface area contributed by atoms with Gasteiger partial charge in [-0.25, -0.2) is 4.98 Å². The van der Waals surface area contributed by atoms with Crippen molar-refractivity contribution in [2.75, 3.05) is 0 Å². The molecule has 2 nitrogen and oxygen atoms in total. The molecule has 1 heterocycles. The fraction of sp³-hybridized carbons (Fsp3) is 0.118. The highest BCUT2D eigenvalue weighted by molar-refractivity contribution is 6.36. The summed E-state index contributed by atoms with van der Waals surface area (Å²) in [5.41, 5.74) is 0.979. The molecule has 3 rings (SSSR count). The highest BCUT2D eigenvalue weighted by Crippen LogP contribution is 2.33. The molecule has 0 aliphatic rings. The molecule has 0 unspecified atom stereocenters. The van der Waals surface area contributed by atoms with Gasteiger partial charge in [-0.2, -0.15) is 13.2 Å². The second kappa shape index (κ2) is 6.90. The molecule has 0 aliphatic heterocycles. The average Bonchev–Trinajstić information content (AvgIpc) is 2.89. The first-order chi connectivity index (χ1) is 11.7. The quantitative estimate of drug-likeness (QED) is 0.480. The molecule has 0 N–H and O–H groups in total. The van der Waals surface area contributed by atoms with Crippen molar-refractivity contribution in [2.24, 2.45) is 0 Å². The van der Waals surface area contributed by atoms with Gasteiger partial charge in [0.25, 0.3) is 0 Å². The molecular formula is C17H10Cl3F3N2. The normalized spacial score (nSPS) is 11.8. The smallest absolute Gasteiger partial charge is 0.296 e. The summed E-state index contributed by atoms with van der Waals surface area (Å²) in [6.45, 7) is 0. The minimum atomic E-state index is -4.37. The molecule has 2 aromatic carbocycles. The van der Waals surface area contributed by atoms with Crippen molar-refractivity contribution in [3.63, 3.8) is 0 Å². The highest BCUT2D eigenvalue weighted by atomic mass is 35.5. The van der Waals surface area contributed by atoms with Crippen LogP contribution in [0, 0.1) is 0 Å². The molecule has 1 aromatic heterocycles. The second-order valence-electron chi connectivity index (χ2n) is 5.30. The molecule has 0 fully saturated rings. The second-order valence-corrected chi connectivity index (χ2v) is 6.58. The van der Waals surface area contributed by atoms with Crippen molar-refractivity contribution in [3.8, 4) is 17.1 Å². The number of hydrogen-bond acceptors (Lipinski definition) is 1. The number of halogens is 6. The van der Waals surface area contributed by atoms with E-state index >= 15 is 0 Å². The van der Waals surface area contributed by atoms with E-state index < -0.39 is 12.6 Å². The third kappa shape index (κ3) is 4.11. The number of rotatable bonds is 3. The zero-order valence-electron chi connectivity index (χ0n) is 12.5. The summed E-state index contributed by atoms with van der Waals surface area (Å²) in [5, 5.41) is 1.20. The van der Waals surface area contributed by atoms with Crippen LogP contribution >= 0.6 is 34.8 Å². The van der Waals surface area contributed by atoms with Crippen molar-refractivity contribution in [1.29, 1.82) is 0 Å². The van der Waals surface area contributed by atoms with Crippen molar-refractivity contribution in [2.45, 2.75) is 12.6 Å². The zero-order chi connectivity index (χ0) is 18.2. The Morgan fingerprint density at radius 3 is 2.16 bits per heavy atom. The standard InChI is InChI=1S/C17H10Cl3F3N2/c18-10-1-4-12(5-2-10)25-13(8-17(21,22)23)9-24-16(25)14-6-3-11(19)7-15(14)20/h1-7,9H,8H2. The number of nitrogens with zero attached hydrogens (tertiary/aromatic N) is 2. The number of alkyl halides is 3. The molecule has 8 heteroatoms. The van der Waals surface area contributed by atoms with Gasteiger partial charge in [-0.05, 0) is 42.5 Å². The van der Waals surface area contributed by atoms with Gasteiger partial charge in [-0.15, -0.1) is 0 Å². The zero-order valence-corrected chi connectivity index (χ0v) is 14.8. The van der Waals surface area contributed by atoms with Crippen LogP contribution in [0.25, 0.3) is 17.1 Å². The molecule has 0 bridgehead atoms. The summed E-state index contributed by atoms with van der Waals surface area (Å²) in [7, 11) is 0. The summed E-state index contributed by atoms with van der Waals surface area (Å²) >= 11 is 18.0. The van der Waals surface area contributed by atoms with Crippen LogP contribution in [0.15, 0.2) is 48.7 Å². The maximum atomic E-state index is 12.9. The number of benzene rings is 2. The van der Waals surface area contributed by atoms with Crippen LogP contribution < -0.4 is 0 Å². The van der Waals surface area contributed by atoms with Gasteiger partial charge in [0, 0.05) is 27.5 Å². The fourth-order valence-corrected chi connectivity index (χ4v) is 3.08. The average molecular weight is 406 g/mol. The molecule has 3 aromatic rings. The van der Waals surface area contributed by atoms with Crippen LogP contribution in [0.2, 0.25) is 15.1 Å². The van der Waals surface area contributed by atoms with Gasteiger partial charge in [0.1, 0.15) is 5.82 Å². The lowest BCUT2D eigenvalue weighted by Crippen LogP contribution is -2.15. The molecular weight excluding hydrogens is 396 g/mol. The number of imidazole rings is 1. The van der Waals surface area contributed by atoms with Gasteiger partial charge < -0.3 is 0 Å². The van der Waals surface area contributed by atoms with Gasteiger partial charge in [-0.1, -0.05) is 34.8 Å². The van der Waals surface area contributed by atoms with Gasteiger partial charge in [0.15, 0.2) is 0 Å². The molecule has 0 saturated heterocycles. The highest BCUT2D eigenvalue weighted by Gasteiger charge is 2.31. The van der Waals surface area contributed by atoms with E-state index in [9.17, 15) is 13.2 Å². The van der Waals surface area contributed by atoms with Crippen LogP contribution in [0.5, 0.6) is 0 Å². The van der Waals surface area contributed by atoms with Gasteiger partial charge in [-0.3, -0.25) is 4.57 Å². The molecule has 0 spiro atoms. The van der Waals surface area contributed by atoms with Crippen molar-refractivity contribution in [3.05, 3.63) is 69.4 Å². The SMILES string of the molecule is FC(F)(F)Cc1cnc(-c2ccc(Cl)cc2Cl)n1-c1ccc(Cl)cc1. The van der Waals surface area contributed by atoms with E-state index in [0.717, 1.165) is 0 Å². The molecule has 25 heavy (non-hydrogen) atoms. The number of aromatic nitrogens is 2. The summed E-state index contributed by atoms with van der Waals surface area (Å²) in [5.74, 6) is 0.295. The van der Waals surface area contributed by atoms with Gasteiger partial charge in [0.05, 0.1) is 17.1 Å². The van der Waals surface area contributed by atoms with Crippen LogP contribution in [-0.4, -0.2) is 15.7 Å². The summed E-state index contributed by atoms with van der Waals surface area (Å²) in [4.78, 5) is 4.16. The largest absolute Gasteiger partial charge is 0.394 e. The van der Waals surface area contributed by atoms with Crippen molar-refractivity contribution < 1.29 is 13.2 Å². The summed E-state index contributed by atoms with van der Waals surface area (Å²) in [6.07, 6.45) is -4.29. The Kier molecular flexibility index (Phi) is 5.00. The third-order valence-corrected chi connectivity index (χ3v) is 4.27. The van der Waals surface area contributed by atoms with Crippen molar-refractivity contribution >= 4 is 34.8 Å². The lowest BCUT2D eigenvalue weighted by molar-refractivity contribution is -0.128. The minimum Gasteiger partial charge on any atom is -0.296 e. The predicted octanol–water partition coefficient (Wildman–Crippen LogP) is 6.60. The van der Waals surface area contributed by atoms with Crippen molar-refractivity contribution in [1.82, 2.24) is 9.55 Å². The topological polar surface area (TPSA) is 17.8 Å². The van der Waals surface area contributed by atoms with E-state index in [2.05, 4.69) is 4.98 Å². The molecule has 130 valence electrons. The van der Waals surface area contributed by atoms with Crippen LogP contribution in [0.3, 0.4) is 0 Å². The summed E-state index contributed by atoms with van der Waals surface area (Å²) in [6, 6.07) is 11.2. The molecule has 0 atom stereocenters. The van der Waals surface area contributed by atoms with E-state index in [0.29, 0.717) is 32.1 Å². The van der Waals surface area contributed by atoms with E-state index in [1.807, 2.05) is 0 Å². The molecule has 0 amide bonds. The lowest BCUT2D eigenvalue weighted by atomic mass is 10.2. The van der Waals surface area contributed by atoms with E-state index in [1.165, 1.54) is 16.8 Å². The Morgan fingerprint density at radius 1 is 0.920 bits per heavy atom. The minimum absolute atomic E-state index is 0.00385. The maximum absolute atomic E-state index is 12.9. The Morgan fingerprint density at radius 2 is 1.56 bits per heavy atom. The van der Waals surface area contributed by atoms with E-state index in [4.69, 9.17) is 34.8 Å². The van der Waals surface area contributed by atoms with Crippen LogP contribution in [0.1, 0.15) is 5.69 Å². The Hall–Kier alpha value is -1.69. The third-order valence-electron chi connectivity index (χ3n) is 3.47. The van der Waals surface area contributed by atoms with Gasteiger partial charge >= 0.3 is 6.18 Å². The first-order valence-electron chi connectivity index (χ1n) is 7.09. The molecule has 0 radical (unpaired) electrons. The van der Waals surface area contributed by atoms with Gasteiger partial charge in [0.2, 0.25) is 0 Å².